The van der Waals surface area contributed by atoms with E-state index in [-0.39, 0.29) is 30.2 Å². The molecular formula is C21H22ClFN4O2. The maximum atomic E-state index is 13.0. The highest BCUT2D eigenvalue weighted by atomic mass is 35.5. The SMILES string of the molecule is O=C(CNc1ccc(F)cc1)NC1=C(Cl)C=CC2N=C(N3CCOCC3)C=CC12. The molecule has 0 aromatic heterocycles. The van der Waals surface area contributed by atoms with Gasteiger partial charge in [-0.25, -0.2) is 4.39 Å². The van der Waals surface area contributed by atoms with Crippen molar-refractivity contribution >= 4 is 29.0 Å². The van der Waals surface area contributed by atoms with Crippen molar-refractivity contribution in [3.8, 4) is 0 Å². The van der Waals surface area contributed by atoms with E-state index < -0.39 is 0 Å². The number of carbonyl (C=O) groups excluding carboxylic acids is 1. The first-order chi connectivity index (χ1) is 14.1. The number of carbonyl (C=O) groups is 1. The third-order valence-corrected chi connectivity index (χ3v) is 5.37. The summed E-state index contributed by atoms with van der Waals surface area (Å²) in [6.45, 7) is 3.08. The van der Waals surface area contributed by atoms with Gasteiger partial charge in [-0.05, 0) is 36.4 Å². The Morgan fingerprint density at radius 3 is 2.72 bits per heavy atom. The number of dihydropyridines is 1. The maximum Gasteiger partial charge on any atom is 0.243 e. The number of fused-ring (bicyclic) bond motifs is 1. The van der Waals surface area contributed by atoms with Crippen molar-refractivity contribution in [1.29, 1.82) is 0 Å². The topological polar surface area (TPSA) is 66.0 Å². The quantitative estimate of drug-likeness (QED) is 0.792. The number of rotatable bonds is 4. The number of hydrogen-bond donors (Lipinski definition) is 2. The lowest BCUT2D eigenvalue weighted by molar-refractivity contribution is -0.118. The minimum absolute atomic E-state index is 0.0480. The molecule has 1 saturated heterocycles. The number of amidine groups is 1. The Balaban J connectivity index is 1.39. The van der Waals surface area contributed by atoms with Gasteiger partial charge in [-0.3, -0.25) is 9.79 Å². The number of nitrogens with zero attached hydrogens (tertiary/aromatic N) is 2. The lowest BCUT2D eigenvalue weighted by atomic mass is 9.89. The monoisotopic (exact) mass is 416 g/mol. The summed E-state index contributed by atoms with van der Waals surface area (Å²) >= 11 is 6.37. The average molecular weight is 417 g/mol. The number of hydrogen-bond acceptors (Lipinski definition) is 5. The van der Waals surface area contributed by atoms with E-state index >= 15 is 0 Å². The molecule has 2 aliphatic heterocycles. The fourth-order valence-corrected chi connectivity index (χ4v) is 3.75. The Kier molecular flexibility index (Phi) is 5.97. The zero-order valence-electron chi connectivity index (χ0n) is 15.8. The van der Waals surface area contributed by atoms with Crippen molar-refractivity contribution in [2.45, 2.75) is 6.04 Å². The van der Waals surface area contributed by atoms with Gasteiger partial charge in [0.2, 0.25) is 5.91 Å². The number of anilines is 1. The van der Waals surface area contributed by atoms with Gasteiger partial charge < -0.3 is 20.3 Å². The van der Waals surface area contributed by atoms with Crippen molar-refractivity contribution in [2.75, 3.05) is 38.2 Å². The predicted octanol–water partition coefficient (Wildman–Crippen LogP) is 2.66. The molecular weight excluding hydrogens is 395 g/mol. The van der Waals surface area contributed by atoms with E-state index in [4.69, 9.17) is 21.3 Å². The molecule has 1 aromatic rings. The minimum atomic E-state index is -0.321. The van der Waals surface area contributed by atoms with Crippen LogP contribution in [-0.2, 0) is 9.53 Å². The van der Waals surface area contributed by atoms with Crippen LogP contribution in [0.2, 0.25) is 0 Å². The van der Waals surface area contributed by atoms with Crippen LogP contribution in [-0.4, -0.2) is 55.5 Å². The second kappa shape index (κ2) is 8.80. The van der Waals surface area contributed by atoms with Crippen LogP contribution in [0, 0.1) is 11.7 Å². The third kappa shape index (κ3) is 4.68. The average Bonchev–Trinajstić information content (AvgIpc) is 2.75. The first kappa shape index (κ1) is 19.7. The molecule has 4 rings (SSSR count). The molecule has 0 saturated carbocycles. The fraction of sp³-hybridized carbons (Fsp3) is 0.333. The van der Waals surface area contributed by atoms with Crippen LogP contribution in [0.1, 0.15) is 0 Å². The van der Waals surface area contributed by atoms with Crippen molar-refractivity contribution < 1.29 is 13.9 Å². The fourth-order valence-electron chi connectivity index (χ4n) is 3.51. The van der Waals surface area contributed by atoms with Crippen LogP contribution in [0.5, 0.6) is 0 Å². The van der Waals surface area contributed by atoms with Crippen LogP contribution in [0.25, 0.3) is 0 Å². The highest BCUT2D eigenvalue weighted by molar-refractivity contribution is 6.31. The van der Waals surface area contributed by atoms with Crippen molar-refractivity contribution in [3.63, 3.8) is 0 Å². The molecule has 2 N–H and O–H groups in total. The van der Waals surface area contributed by atoms with Crippen LogP contribution in [0.3, 0.4) is 0 Å². The van der Waals surface area contributed by atoms with E-state index in [9.17, 15) is 9.18 Å². The van der Waals surface area contributed by atoms with E-state index in [1.54, 1.807) is 18.2 Å². The van der Waals surface area contributed by atoms with Crippen LogP contribution >= 0.6 is 11.6 Å². The van der Waals surface area contributed by atoms with Gasteiger partial charge in [-0.2, -0.15) is 0 Å². The lowest BCUT2D eigenvalue weighted by Gasteiger charge is -2.34. The van der Waals surface area contributed by atoms with E-state index in [0.717, 1.165) is 18.9 Å². The number of morpholine rings is 1. The summed E-state index contributed by atoms with van der Waals surface area (Å²) in [5.74, 6) is 0.263. The largest absolute Gasteiger partial charge is 0.378 e. The molecule has 2 atom stereocenters. The molecule has 2 unspecified atom stereocenters. The molecule has 1 amide bonds. The van der Waals surface area contributed by atoms with Crippen LogP contribution < -0.4 is 10.6 Å². The maximum absolute atomic E-state index is 13.0. The summed E-state index contributed by atoms with van der Waals surface area (Å²) in [6.07, 6.45) is 7.77. The first-order valence-electron chi connectivity index (χ1n) is 9.56. The summed E-state index contributed by atoms with van der Waals surface area (Å²) in [4.78, 5) is 19.5. The minimum Gasteiger partial charge on any atom is -0.378 e. The summed E-state index contributed by atoms with van der Waals surface area (Å²) in [7, 11) is 0. The Morgan fingerprint density at radius 2 is 1.97 bits per heavy atom. The summed E-state index contributed by atoms with van der Waals surface area (Å²) in [6, 6.07) is 5.74. The van der Waals surface area contributed by atoms with Crippen molar-refractivity contribution in [2.24, 2.45) is 10.9 Å². The third-order valence-electron chi connectivity index (χ3n) is 5.04. The normalized spacial score (nSPS) is 23.5. The first-order valence-corrected chi connectivity index (χ1v) is 9.94. The number of halogens is 2. The molecule has 0 bridgehead atoms. The standard InChI is InChI=1S/C21H22ClFN4O2/c22-17-6-7-18-16(5-8-19(25-18)27-9-11-29-12-10-27)21(17)26-20(28)13-24-15-3-1-14(23)2-4-15/h1-8,16,18,24H,9-13H2,(H,26,28). The van der Waals surface area contributed by atoms with Gasteiger partial charge in [0.1, 0.15) is 11.7 Å². The van der Waals surface area contributed by atoms with E-state index in [0.29, 0.717) is 29.6 Å². The molecule has 0 spiro atoms. The number of amides is 1. The molecule has 1 aromatic carbocycles. The van der Waals surface area contributed by atoms with Gasteiger partial charge in [-0.15, -0.1) is 0 Å². The Bertz CT molecular complexity index is 888. The van der Waals surface area contributed by atoms with Gasteiger partial charge >= 0.3 is 0 Å². The molecule has 1 fully saturated rings. The number of allylic oxidation sites excluding steroid dienone is 2. The molecule has 0 radical (unpaired) electrons. The molecule has 2 heterocycles. The van der Waals surface area contributed by atoms with E-state index in [2.05, 4.69) is 15.5 Å². The number of benzene rings is 1. The second-order valence-corrected chi connectivity index (χ2v) is 7.40. The van der Waals surface area contributed by atoms with E-state index in [1.807, 2.05) is 18.2 Å². The Labute approximate surface area is 173 Å². The molecule has 3 aliphatic rings. The van der Waals surface area contributed by atoms with Gasteiger partial charge in [0, 0.05) is 30.4 Å². The van der Waals surface area contributed by atoms with Gasteiger partial charge in [0.15, 0.2) is 0 Å². The van der Waals surface area contributed by atoms with Gasteiger partial charge in [0.05, 0.1) is 30.8 Å². The molecule has 8 heteroatoms. The second-order valence-electron chi connectivity index (χ2n) is 6.99. The summed E-state index contributed by atoms with van der Waals surface area (Å²) in [5, 5.41) is 6.38. The zero-order valence-corrected chi connectivity index (χ0v) is 16.5. The predicted molar refractivity (Wildman–Crippen MR) is 111 cm³/mol. The van der Waals surface area contributed by atoms with Crippen LogP contribution in [0.15, 0.2) is 64.3 Å². The highest BCUT2D eigenvalue weighted by Crippen LogP contribution is 2.31. The zero-order chi connectivity index (χ0) is 20.2. The molecule has 29 heavy (non-hydrogen) atoms. The summed E-state index contributed by atoms with van der Waals surface area (Å²) in [5.41, 5.74) is 1.31. The molecule has 152 valence electrons. The van der Waals surface area contributed by atoms with Crippen LogP contribution in [0.4, 0.5) is 10.1 Å². The highest BCUT2D eigenvalue weighted by Gasteiger charge is 2.30. The smallest absolute Gasteiger partial charge is 0.243 e. The van der Waals surface area contributed by atoms with E-state index in [1.165, 1.54) is 12.1 Å². The Hall–Kier alpha value is -2.64. The van der Waals surface area contributed by atoms with Crippen molar-refractivity contribution in [1.82, 2.24) is 10.2 Å². The number of aliphatic imine (C=N–C) groups is 1. The lowest BCUT2D eigenvalue weighted by Crippen LogP contribution is -2.43. The van der Waals surface area contributed by atoms with Gasteiger partial charge in [0.25, 0.3) is 0 Å². The van der Waals surface area contributed by atoms with Gasteiger partial charge in [-0.1, -0.05) is 23.8 Å². The number of nitrogens with one attached hydrogen (secondary N) is 2. The molecule has 1 aliphatic carbocycles. The Morgan fingerprint density at radius 1 is 1.21 bits per heavy atom. The van der Waals surface area contributed by atoms with Crippen molar-refractivity contribution in [3.05, 3.63) is 65.1 Å². The summed E-state index contributed by atoms with van der Waals surface area (Å²) < 4.78 is 18.4. The number of ether oxygens (including phenoxy) is 1. The molecule has 6 nitrogen and oxygen atoms in total.